The van der Waals surface area contributed by atoms with Crippen molar-refractivity contribution in [1.29, 1.82) is 0 Å². The average molecular weight is 498 g/mol. The summed E-state index contributed by atoms with van der Waals surface area (Å²) in [5.41, 5.74) is -0.989. The van der Waals surface area contributed by atoms with Crippen LogP contribution in [0.5, 0.6) is 0 Å². The summed E-state index contributed by atoms with van der Waals surface area (Å²) < 4.78 is 42.1. The van der Waals surface area contributed by atoms with Crippen LogP contribution in [0.4, 0.5) is 24.5 Å². The van der Waals surface area contributed by atoms with E-state index in [1.807, 2.05) is 0 Å². The molecule has 0 aliphatic carbocycles. The molecule has 172 valence electrons. The zero-order chi connectivity index (χ0) is 23.8. The second-order valence-corrected chi connectivity index (χ2v) is 8.03. The smallest absolute Gasteiger partial charge is 0.359 e. The number of halogens is 5. The highest BCUT2D eigenvalue weighted by Crippen LogP contribution is 2.35. The molecule has 2 heterocycles. The third-order valence-electron chi connectivity index (χ3n) is 4.94. The van der Waals surface area contributed by atoms with Gasteiger partial charge in [0.1, 0.15) is 0 Å². The van der Waals surface area contributed by atoms with E-state index in [1.165, 1.54) is 36.4 Å². The molecule has 7 nitrogen and oxygen atoms in total. The summed E-state index contributed by atoms with van der Waals surface area (Å²) in [6.45, 7) is 1.14. The van der Waals surface area contributed by atoms with Gasteiger partial charge in [-0.2, -0.15) is 18.3 Å². The van der Waals surface area contributed by atoms with Crippen LogP contribution in [-0.4, -0.2) is 41.2 Å². The molecule has 33 heavy (non-hydrogen) atoms. The number of anilines is 2. The van der Waals surface area contributed by atoms with Crippen LogP contribution < -0.4 is 15.5 Å². The molecule has 3 aromatic rings. The van der Waals surface area contributed by atoms with E-state index in [1.54, 1.807) is 11.0 Å². The van der Waals surface area contributed by atoms with Gasteiger partial charge in [-0.1, -0.05) is 23.2 Å². The molecular formula is C21H16Cl2F3N5O2. The summed E-state index contributed by atoms with van der Waals surface area (Å²) in [4.78, 5) is 26.1. The molecule has 0 saturated carbocycles. The van der Waals surface area contributed by atoms with E-state index in [4.69, 9.17) is 23.2 Å². The van der Waals surface area contributed by atoms with E-state index in [9.17, 15) is 22.8 Å². The SMILES string of the molecule is O=C1CN(c2ccc(NC(=O)c3cnn(-c4ccc(Cl)cc4)c3C(F)(F)F)cc2Cl)CCN1. The highest BCUT2D eigenvalue weighted by atomic mass is 35.5. The van der Waals surface area contributed by atoms with E-state index in [0.717, 1.165) is 6.20 Å². The fraction of sp³-hybridized carbons (Fsp3) is 0.190. The maximum atomic E-state index is 13.8. The van der Waals surface area contributed by atoms with Crippen molar-refractivity contribution >= 4 is 46.4 Å². The van der Waals surface area contributed by atoms with Crippen LogP contribution in [0.1, 0.15) is 16.1 Å². The van der Waals surface area contributed by atoms with Gasteiger partial charge in [0.15, 0.2) is 5.69 Å². The van der Waals surface area contributed by atoms with Gasteiger partial charge in [-0.05, 0) is 42.5 Å². The Hall–Kier alpha value is -3.24. The molecule has 0 atom stereocenters. The van der Waals surface area contributed by atoms with E-state index in [2.05, 4.69) is 15.7 Å². The molecule has 4 rings (SSSR count). The lowest BCUT2D eigenvalue weighted by molar-refractivity contribution is -0.143. The number of aromatic nitrogens is 2. The predicted octanol–water partition coefficient (Wildman–Crippen LogP) is 4.39. The van der Waals surface area contributed by atoms with Gasteiger partial charge in [-0.3, -0.25) is 9.59 Å². The number of benzene rings is 2. The number of hydrogen-bond donors (Lipinski definition) is 2. The van der Waals surface area contributed by atoms with Crippen LogP contribution in [0.15, 0.2) is 48.7 Å². The van der Waals surface area contributed by atoms with Crippen LogP contribution in [0.25, 0.3) is 5.69 Å². The number of piperazine rings is 1. The van der Waals surface area contributed by atoms with Gasteiger partial charge < -0.3 is 15.5 Å². The summed E-state index contributed by atoms with van der Waals surface area (Å²) >= 11 is 12.1. The largest absolute Gasteiger partial charge is 0.434 e. The van der Waals surface area contributed by atoms with Gasteiger partial charge in [0, 0.05) is 23.8 Å². The first-order chi connectivity index (χ1) is 15.6. The number of nitrogens with zero attached hydrogens (tertiary/aromatic N) is 3. The first-order valence-corrected chi connectivity index (χ1v) is 10.4. The van der Waals surface area contributed by atoms with Crippen LogP contribution >= 0.6 is 23.2 Å². The monoisotopic (exact) mass is 497 g/mol. The van der Waals surface area contributed by atoms with Crippen molar-refractivity contribution in [1.82, 2.24) is 15.1 Å². The summed E-state index contributed by atoms with van der Waals surface area (Å²) in [6.07, 6.45) is -3.99. The lowest BCUT2D eigenvalue weighted by Crippen LogP contribution is -2.47. The van der Waals surface area contributed by atoms with Crippen molar-refractivity contribution in [3.63, 3.8) is 0 Å². The molecule has 2 N–H and O–H groups in total. The van der Waals surface area contributed by atoms with Gasteiger partial charge in [0.05, 0.1) is 34.7 Å². The molecule has 1 fully saturated rings. The average Bonchev–Trinajstić information content (AvgIpc) is 3.20. The lowest BCUT2D eigenvalue weighted by Gasteiger charge is -2.29. The van der Waals surface area contributed by atoms with Crippen LogP contribution in [0.3, 0.4) is 0 Å². The minimum absolute atomic E-state index is 0.101. The van der Waals surface area contributed by atoms with Gasteiger partial charge in [0.2, 0.25) is 5.91 Å². The summed E-state index contributed by atoms with van der Waals surface area (Å²) in [7, 11) is 0. The summed E-state index contributed by atoms with van der Waals surface area (Å²) in [6, 6.07) is 10.1. The molecule has 1 aliphatic heterocycles. The second kappa shape index (κ2) is 8.95. The molecule has 1 aromatic heterocycles. The maximum absolute atomic E-state index is 13.8. The molecule has 1 saturated heterocycles. The zero-order valence-electron chi connectivity index (χ0n) is 16.8. The van der Waals surface area contributed by atoms with Gasteiger partial charge >= 0.3 is 6.18 Å². The highest BCUT2D eigenvalue weighted by Gasteiger charge is 2.40. The highest BCUT2D eigenvalue weighted by molar-refractivity contribution is 6.33. The van der Waals surface area contributed by atoms with E-state index >= 15 is 0 Å². The molecule has 12 heteroatoms. The van der Waals surface area contributed by atoms with Crippen LogP contribution in [-0.2, 0) is 11.0 Å². The molecule has 0 radical (unpaired) electrons. The van der Waals surface area contributed by atoms with E-state index in [0.29, 0.717) is 28.5 Å². The number of carbonyl (C=O) groups is 2. The molecule has 2 amide bonds. The Morgan fingerprint density at radius 1 is 1.12 bits per heavy atom. The van der Waals surface area contributed by atoms with E-state index < -0.39 is 23.3 Å². The number of carbonyl (C=O) groups excluding carboxylic acids is 2. The Kier molecular flexibility index (Phi) is 6.22. The van der Waals surface area contributed by atoms with E-state index in [-0.39, 0.29) is 28.8 Å². The van der Waals surface area contributed by atoms with Gasteiger partial charge in [-0.15, -0.1) is 0 Å². The molecule has 0 unspecified atom stereocenters. The van der Waals surface area contributed by atoms with Crippen LogP contribution in [0, 0.1) is 0 Å². The minimum atomic E-state index is -4.85. The quantitative estimate of drug-likeness (QED) is 0.560. The minimum Gasteiger partial charge on any atom is -0.359 e. The fourth-order valence-electron chi connectivity index (χ4n) is 3.45. The number of alkyl halides is 3. The first-order valence-electron chi connectivity index (χ1n) is 9.67. The van der Waals surface area contributed by atoms with Crippen LogP contribution in [0.2, 0.25) is 10.0 Å². The second-order valence-electron chi connectivity index (χ2n) is 7.18. The van der Waals surface area contributed by atoms with Crippen molar-refractivity contribution in [2.24, 2.45) is 0 Å². The summed E-state index contributed by atoms with van der Waals surface area (Å²) in [5, 5.41) is 9.50. The molecule has 2 aromatic carbocycles. The van der Waals surface area contributed by atoms with Crippen molar-refractivity contribution < 1.29 is 22.8 Å². The summed E-state index contributed by atoms with van der Waals surface area (Å²) in [5.74, 6) is -1.14. The predicted molar refractivity (Wildman–Crippen MR) is 118 cm³/mol. The Morgan fingerprint density at radius 2 is 1.85 bits per heavy atom. The Balaban J connectivity index is 1.60. The van der Waals surface area contributed by atoms with Gasteiger partial charge in [0.25, 0.3) is 5.91 Å². The first kappa shape index (κ1) is 22.9. The maximum Gasteiger partial charge on any atom is 0.434 e. The Bertz CT molecular complexity index is 1210. The molecule has 0 bridgehead atoms. The molecule has 1 aliphatic rings. The Labute approximate surface area is 196 Å². The Morgan fingerprint density at radius 3 is 2.48 bits per heavy atom. The lowest BCUT2D eigenvalue weighted by atomic mass is 10.2. The number of hydrogen-bond acceptors (Lipinski definition) is 4. The van der Waals surface area contributed by atoms with Crippen molar-refractivity contribution in [2.45, 2.75) is 6.18 Å². The third-order valence-corrected chi connectivity index (χ3v) is 5.49. The molecular weight excluding hydrogens is 482 g/mol. The number of amides is 2. The third kappa shape index (κ3) is 4.91. The standard InChI is InChI=1S/C21H16Cl2F3N5O2/c22-12-1-4-14(5-2-12)31-19(21(24,25)26)15(10-28-31)20(33)29-13-3-6-17(16(23)9-13)30-8-7-27-18(32)11-30/h1-6,9-10H,7-8,11H2,(H,27,32)(H,29,33). The zero-order valence-corrected chi connectivity index (χ0v) is 18.3. The van der Waals surface area contributed by atoms with Crippen molar-refractivity contribution in [3.8, 4) is 5.69 Å². The number of nitrogens with one attached hydrogen (secondary N) is 2. The number of rotatable bonds is 4. The van der Waals surface area contributed by atoms with Crippen molar-refractivity contribution in [3.05, 3.63) is 70.0 Å². The normalized spacial score (nSPS) is 14.2. The fourth-order valence-corrected chi connectivity index (χ4v) is 3.88. The van der Waals surface area contributed by atoms with Gasteiger partial charge in [-0.25, -0.2) is 4.68 Å². The topological polar surface area (TPSA) is 79.3 Å². The molecule has 0 spiro atoms. The van der Waals surface area contributed by atoms with Crippen molar-refractivity contribution in [2.75, 3.05) is 29.9 Å².